The average molecular weight is 274 g/mol. The molecule has 2 unspecified atom stereocenters. The Morgan fingerprint density at radius 3 is 1.83 bits per heavy atom. The minimum Gasteiger partial charge on any atom is -0.293 e. The van der Waals surface area contributed by atoms with Gasteiger partial charge in [-0.1, -0.05) is 0 Å². The lowest BCUT2D eigenvalue weighted by Crippen LogP contribution is -2.56. The fourth-order valence-corrected chi connectivity index (χ4v) is 4.72. The highest BCUT2D eigenvalue weighted by Crippen LogP contribution is 2.39. The van der Waals surface area contributed by atoms with Crippen molar-refractivity contribution in [1.29, 1.82) is 0 Å². The van der Waals surface area contributed by atoms with Crippen LogP contribution in [0.3, 0.4) is 0 Å². The van der Waals surface area contributed by atoms with Crippen molar-refractivity contribution in [3.05, 3.63) is 0 Å². The summed E-state index contributed by atoms with van der Waals surface area (Å²) in [7, 11) is -3.17. The van der Waals surface area contributed by atoms with Crippen molar-refractivity contribution in [3.63, 3.8) is 0 Å². The van der Waals surface area contributed by atoms with Crippen LogP contribution in [0.4, 0.5) is 0 Å². The van der Waals surface area contributed by atoms with Gasteiger partial charge in [0, 0.05) is 30.7 Å². The Morgan fingerprint density at radius 2 is 1.50 bits per heavy atom. The second kappa shape index (κ2) is 3.93. The molecule has 2 atom stereocenters. The molecule has 106 valence electrons. The Labute approximate surface area is 111 Å². The number of nitrogens with zero attached hydrogens (tertiary/aromatic N) is 2. The fourth-order valence-electron chi connectivity index (χ4n) is 3.10. The van der Waals surface area contributed by atoms with Crippen molar-refractivity contribution >= 4 is 10.0 Å². The SMILES string of the molecule is CC(C)(C)N1CC2CC1CN2S(=O)(=O)C(C)(C)C. The second-order valence-corrected chi connectivity index (χ2v) is 10.2. The van der Waals surface area contributed by atoms with E-state index in [-0.39, 0.29) is 11.6 Å². The molecule has 2 bridgehead atoms. The molecule has 5 heteroatoms. The summed E-state index contributed by atoms with van der Waals surface area (Å²) in [5, 5.41) is 0. The first-order chi connectivity index (χ1) is 7.94. The van der Waals surface area contributed by atoms with Gasteiger partial charge in [0.15, 0.2) is 0 Å². The van der Waals surface area contributed by atoms with Crippen molar-refractivity contribution in [2.24, 2.45) is 0 Å². The van der Waals surface area contributed by atoms with Crippen LogP contribution < -0.4 is 0 Å². The lowest BCUT2D eigenvalue weighted by molar-refractivity contribution is 0.0833. The van der Waals surface area contributed by atoms with Crippen LogP contribution in [0.5, 0.6) is 0 Å². The van der Waals surface area contributed by atoms with Gasteiger partial charge in [0.1, 0.15) is 0 Å². The molecule has 0 aromatic heterocycles. The molecule has 4 nitrogen and oxygen atoms in total. The summed E-state index contributed by atoms with van der Waals surface area (Å²) in [5.74, 6) is 0. The summed E-state index contributed by atoms with van der Waals surface area (Å²) in [6, 6.07) is 0.575. The topological polar surface area (TPSA) is 40.6 Å². The van der Waals surface area contributed by atoms with E-state index in [1.807, 2.05) is 0 Å². The molecule has 0 amide bonds. The number of hydrogen-bond donors (Lipinski definition) is 0. The van der Waals surface area contributed by atoms with E-state index in [1.165, 1.54) is 0 Å². The standard InChI is InChI=1S/C13H26N2O2S/c1-12(2,3)14-8-11-7-10(14)9-15(11)18(16,17)13(4,5)6/h10-11H,7-9H2,1-6H3. The lowest BCUT2D eigenvalue weighted by Gasteiger charge is -2.42. The van der Waals surface area contributed by atoms with Crippen molar-refractivity contribution in [2.75, 3.05) is 13.1 Å². The van der Waals surface area contributed by atoms with Crippen LogP contribution in [0.25, 0.3) is 0 Å². The molecule has 2 heterocycles. The zero-order chi connectivity index (χ0) is 13.9. The molecule has 2 saturated heterocycles. The monoisotopic (exact) mass is 274 g/mol. The van der Waals surface area contributed by atoms with Crippen molar-refractivity contribution in [3.8, 4) is 0 Å². The first kappa shape index (κ1) is 14.3. The first-order valence-corrected chi connectivity index (χ1v) is 8.17. The minimum atomic E-state index is -3.17. The Morgan fingerprint density at radius 1 is 0.944 bits per heavy atom. The molecule has 2 fully saturated rings. The molecular weight excluding hydrogens is 248 g/mol. The molecule has 0 aliphatic carbocycles. The number of hydrogen-bond acceptors (Lipinski definition) is 3. The minimum absolute atomic E-state index is 0.136. The fraction of sp³-hybridized carbons (Fsp3) is 1.00. The maximum Gasteiger partial charge on any atom is 0.219 e. The molecule has 0 N–H and O–H groups in total. The van der Waals surface area contributed by atoms with Gasteiger partial charge in [-0.15, -0.1) is 0 Å². The third-order valence-electron chi connectivity index (χ3n) is 4.13. The summed E-state index contributed by atoms with van der Waals surface area (Å²) >= 11 is 0. The predicted molar refractivity (Wildman–Crippen MR) is 74.0 cm³/mol. The quantitative estimate of drug-likeness (QED) is 0.730. The van der Waals surface area contributed by atoms with E-state index >= 15 is 0 Å². The molecule has 0 spiro atoms. The summed E-state index contributed by atoms with van der Waals surface area (Å²) in [6.45, 7) is 13.5. The van der Waals surface area contributed by atoms with Crippen LogP contribution in [0.15, 0.2) is 0 Å². The summed E-state index contributed by atoms with van der Waals surface area (Å²) in [5.41, 5.74) is 0.136. The maximum atomic E-state index is 12.5. The average Bonchev–Trinajstić information content (AvgIpc) is 2.72. The largest absolute Gasteiger partial charge is 0.293 e. The van der Waals surface area contributed by atoms with Crippen LogP contribution >= 0.6 is 0 Å². The highest BCUT2D eigenvalue weighted by molar-refractivity contribution is 7.90. The van der Waals surface area contributed by atoms with Gasteiger partial charge in [-0.3, -0.25) is 4.90 Å². The van der Waals surface area contributed by atoms with E-state index in [4.69, 9.17) is 0 Å². The van der Waals surface area contributed by atoms with E-state index in [0.29, 0.717) is 12.6 Å². The van der Waals surface area contributed by atoms with Gasteiger partial charge in [-0.2, -0.15) is 4.31 Å². The summed E-state index contributed by atoms with van der Waals surface area (Å²) in [4.78, 5) is 2.45. The lowest BCUT2D eigenvalue weighted by atomic mass is 10.0. The number of likely N-dealkylation sites (tertiary alicyclic amines) is 1. The second-order valence-electron chi connectivity index (χ2n) is 7.55. The highest BCUT2D eigenvalue weighted by Gasteiger charge is 2.52. The van der Waals surface area contributed by atoms with Crippen molar-refractivity contribution in [2.45, 2.75) is 70.3 Å². The summed E-state index contributed by atoms with van der Waals surface area (Å²) < 4.78 is 26.1. The van der Waals surface area contributed by atoms with Gasteiger partial charge >= 0.3 is 0 Å². The van der Waals surface area contributed by atoms with Gasteiger partial charge in [-0.25, -0.2) is 8.42 Å². The molecule has 0 aromatic carbocycles. The molecular formula is C13H26N2O2S. The van der Waals surface area contributed by atoms with Crippen molar-refractivity contribution < 1.29 is 8.42 Å². The third-order valence-corrected chi connectivity index (χ3v) is 6.75. The number of sulfonamides is 1. The zero-order valence-corrected chi connectivity index (χ0v) is 13.2. The molecule has 0 aromatic rings. The van der Waals surface area contributed by atoms with Crippen LogP contribution in [-0.2, 0) is 10.0 Å². The zero-order valence-electron chi connectivity index (χ0n) is 12.4. The normalized spacial score (nSPS) is 31.2. The molecule has 2 rings (SSSR count). The van der Waals surface area contributed by atoms with Gasteiger partial charge in [0.2, 0.25) is 10.0 Å². The molecule has 0 saturated carbocycles. The van der Waals surface area contributed by atoms with Crippen molar-refractivity contribution in [1.82, 2.24) is 9.21 Å². The Balaban J connectivity index is 2.18. The Hall–Kier alpha value is -0.130. The van der Waals surface area contributed by atoms with E-state index < -0.39 is 14.8 Å². The predicted octanol–water partition coefficient (Wildman–Crippen LogP) is 1.67. The highest BCUT2D eigenvalue weighted by atomic mass is 32.2. The molecule has 0 radical (unpaired) electrons. The van der Waals surface area contributed by atoms with E-state index in [9.17, 15) is 8.42 Å². The van der Waals surface area contributed by atoms with Gasteiger partial charge < -0.3 is 0 Å². The van der Waals surface area contributed by atoms with E-state index in [2.05, 4.69) is 25.7 Å². The van der Waals surface area contributed by atoms with Gasteiger partial charge in [-0.05, 0) is 48.0 Å². The Kier molecular flexibility index (Phi) is 3.12. The molecule has 2 aliphatic rings. The van der Waals surface area contributed by atoms with Crippen LogP contribution in [0.1, 0.15) is 48.0 Å². The van der Waals surface area contributed by atoms with E-state index in [0.717, 1.165) is 13.0 Å². The number of rotatable bonds is 1. The molecule has 2 aliphatic heterocycles. The number of piperazine rings is 1. The number of fused-ring (bicyclic) bond motifs is 2. The third kappa shape index (κ3) is 2.10. The van der Waals surface area contributed by atoms with E-state index in [1.54, 1.807) is 25.1 Å². The Bertz CT molecular complexity index is 431. The maximum absolute atomic E-state index is 12.5. The smallest absolute Gasteiger partial charge is 0.219 e. The molecule has 18 heavy (non-hydrogen) atoms. The van der Waals surface area contributed by atoms with Crippen LogP contribution in [0, 0.1) is 0 Å². The first-order valence-electron chi connectivity index (χ1n) is 6.73. The van der Waals surface area contributed by atoms with Crippen LogP contribution in [-0.4, -0.2) is 53.1 Å². The summed E-state index contributed by atoms with van der Waals surface area (Å²) in [6.07, 6.45) is 0.993. The van der Waals surface area contributed by atoms with Crippen LogP contribution in [0.2, 0.25) is 0 Å². The van der Waals surface area contributed by atoms with Gasteiger partial charge in [0.25, 0.3) is 0 Å². The van der Waals surface area contributed by atoms with Gasteiger partial charge in [0.05, 0.1) is 4.75 Å².